The highest BCUT2D eigenvalue weighted by Gasteiger charge is 2.50. The van der Waals surface area contributed by atoms with Crippen molar-refractivity contribution in [1.82, 2.24) is 0 Å². The Labute approximate surface area is 72.6 Å². The highest BCUT2D eigenvalue weighted by atomic mass is 16.5. The van der Waals surface area contributed by atoms with Gasteiger partial charge in [0.1, 0.15) is 0 Å². The van der Waals surface area contributed by atoms with Gasteiger partial charge in [0.15, 0.2) is 0 Å². The van der Waals surface area contributed by atoms with Gasteiger partial charge < -0.3 is 4.74 Å². The van der Waals surface area contributed by atoms with Gasteiger partial charge in [-0.25, -0.2) is 0 Å². The molecule has 1 aliphatic carbocycles. The molecule has 1 heterocycles. The molecule has 0 aromatic carbocycles. The van der Waals surface area contributed by atoms with E-state index in [1.54, 1.807) is 0 Å². The third-order valence-electron chi connectivity index (χ3n) is 3.30. The van der Waals surface area contributed by atoms with Gasteiger partial charge in [-0.15, -0.1) is 0 Å². The first-order valence-corrected chi connectivity index (χ1v) is 4.62. The molecule has 2 atom stereocenters. The Morgan fingerprint density at radius 1 is 1.67 bits per heavy atom. The van der Waals surface area contributed by atoms with E-state index in [1.165, 1.54) is 0 Å². The van der Waals surface area contributed by atoms with E-state index in [4.69, 9.17) is 4.74 Å². The molecule has 2 heteroatoms. The average Bonchev–Trinajstić information content (AvgIpc) is 2.45. The molecular weight excluding hydrogens is 152 g/mol. The SMILES string of the molecule is CCC12CC=CCC1COC2=O. The van der Waals surface area contributed by atoms with Gasteiger partial charge in [-0.2, -0.15) is 0 Å². The number of fused-ring (bicyclic) bond motifs is 1. The summed E-state index contributed by atoms with van der Waals surface area (Å²) in [6, 6.07) is 0. The maximum absolute atomic E-state index is 11.5. The predicted octanol–water partition coefficient (Wildman–Crippen LogP) is 1.91. The van der Waals surface area contributed by atoms with Crippen LogP contribution in [-0.4, -0.2) is 12.6 Å². The van der Waals surface area contributed by atoms with Gasteiger partial charge >= 0.3 is 5.97 Å². The summed E-state index contributed by atoms with van der Waals surface area (Å²) in [5.41, 5.74) is -0.158. The zero-order valence-electron chi connectivity index (χ0n) is 7.38. The highest BCUT2D eigenvalue weighted by molar-refractivity contribution is 5.79. The van der Waals surface area contributed by atoms with Gasteiger partial charge in [0, 0.05) is 5.92 Å². The van der Waals surface area contributed by atoms with E-state index >= 15 is 0 Å². The fourth-order valence-corrected chi connectivity index (χ4v) is 2.32. The Balaban J connectivity index is 2.32. The van der Waals surface area contributed by atoms with Crippen LogP contribution in [0.3, 0.4) is 0 Å². The molecule has 0 bridgehead atoms. The molecule has 0 N–H and O–H groups in total. The summed E-state index contributed by atoms with van der Waals surface area (Å²) in [5.74, 6) is 0.472. The second-order valence-electron chi connectivity index (χ2n) is 3.72. The van der Waals surface area contributed by atoms with Gasteiger partial charge in [-0.3, -0.25) is 4.79 Å². The zero-order valence-corrected chi connectivity index (χ0v) is 7.38. The van der Waals surface area contributed by atoms with Crippen LogP contribution in [0.1, 0.15) is 26.2 Å². The molecule has 2 unspecified atom stereocenters. The molecule has 1 saturated heterocycles. The summed E-state index contributed by atoms with van der Waals surface area (Å²) in [4.78, 5) is 11.5. The third-order valence-corrected chi connectivity index (χ3v) is 3.30. The number of esters is 1. The number of carbonyl (C=O) groups excluding carboxylic acids is 1. The van der Waals surface area contributed by atoms with Crippen molar-refractivity contribution in [2.45, 2.75) is 26.2 Å². The molecule has 0 saturated carbocycles. The highest BCUT2D eigenvalue weighted by Crippen LogP contribution is 2.46. The van der Waals surface area contributed by atoms with Crippen LogP contribution in [0.2, 0.25) is 0 Å². The number of rotatable bonds is 1. The Kier molecular flexibility index (Phi) is 1.71. The Bertz CT molecular complexity index is 232. The van der Waals surface area contributed by atoms with Crippen LogP contribution in [0.15, 0.2) is 12.2 Å². The third kappa shape index (κ3) is 0.838. The molecule has 0 spiro atoms. The van der Waals surface area contributed by atoms with Crippen LogP contribution in [-0.2, 0) is 9.53 Å². The quantitative estimate of drug-likeness (QED) is 0.439. The lowest BCUT2D eigenvalue weighted by Crippen LogP contribution is -2.33. The number of ether oxygens (including phenoxy) is 1. The molecule has 12 heavy (non-hydrogen) atoms. The van der Waals surface area contributed by atoms with Crippen molar-refractivity contribution in [3.63, 3.8) is 0 Å². The molecule has 0 amide bonds. The molecule has 1 aliphatic heterocycles. The van der Waals surface area contributed by atoms with Gasteiger partial charge in [-0.05, 0) is 19.3 Å². The Morgan fingerprint density at radius 2 is 2.50 bits per heavy atom. The van der Waals surface area contributed by atoms with Gasteiger partial charge in [0.05, 0.1) is 12.0 Å². The number of carbonyl (C=O) groups is 1. The summed E-state index contributed by atoms with van der Waals surface area (Å²) in [7, 11) is 0. The zero-order chi connectivity index (χ0) is 8.60. The molecule has 2 rings (SSSR count). The fourth-order valence-electron chi connectivity index (χ4n) is 2.32. The molecule has 0 aromatic heterocycles. The summed E-state index contributed by atoms with van der Waals surface area (Å²) in [6.07, 6.45) is 7.10. The molecule has 0 radical (unpaired) electrons. The number of allylic oxidation sites excluding steroid dienone is 2. The van der Waals surface area contributed by atoms with Crippen LogP contribution in [0.25, 0.3) is 0 Å². The lowest BCUT2D eigenvalue weighted by atomic mass is 9.69. The monoisotopic (exact) mass is 166 g/mol. The Hall–Kier alpha value is -0.790. The summed E-state index contributed by atoms with van der Waals surface area (Å²) >= 11 is 0. The minimum atomic E-state index is -0.158. The first-order valence-electron chi connectivity index (χ1n) is 4.62. The van der Waals surface area contributed by atoms with Crippen LogP contribution >= 0.6 is 0 Å². The van der Waals surface area contributed by atoms with Crippen LogP contribution in [0.4, 0.5) is 0 Å². The van der Waals surface area contributed by atoms with Crippen LogP contribution < -0.4 is 0 Å². The van der Waals surface area contributed by atoms with Crippen molar-refractivity contribution in [3.8, 4) is 0 Å². The molecule has 2 aliphatic rings. The van der Waals surface area contributed by atoms with Crippen molar-refractivity contribution < 1.29 is 9.53 Å². The second-order valence-corrected chi connectivity index (χ2v) is 3.72. The number of hydrogen-bond acceptors (Lipinski definition) is 2. The topological polar surface area (TPSA) is 26.3 Å². The van der Waals surface area contributed by atoms with Crippen LogP contribution in [0, 0.1) is 11.3 Å². The fraction of sp³-hybridized carbons (Fsp3) is 0.700. The van der Waals surface area contributed by atoms with Crippen molar-refractivity contribution in [2.75, 3.05) is 6.61 Å². The smallest absolute Gasteiger partial charge is 0.312 e. The molecule has 66 valence electrons. The van der Waals surface area contributed by atoms with Crippen molar-refractivity contribution in [1.29, 1.82) is 0 Å². The lowest BCUT2D eigenvalue weighted by Gasteiger charge is -2.30. The molecule has 0 aromatic rings. The molecule has 2 nitrogen and oxygen atoms in total. The number of cyclic esters (lactones) is 1. The van der Waals surface area contributed by atoms with E-state index in [0.29, 0.717) is 12.5 Å². The first kappa shape index (κ1) is 7.84. The summed E-state index contributed by atoms with van der Waals surface area (Å²) in [5, 5.41) is 0. The normalized spacial score (nSPS) is 39.4. The summed E-state index contributed by atoms with van der Waals surface area (Å²) < 4.78 is 5.12. The van der Waals surface area contributed by atoms with E-state index in [9.17, 15) is 4.79 Å². The average molecular weight is 166 g/mol. The minimum absolute atomic E-state index is 0.0272. The van der Waals surface area contributed by atoms with E-state index in [1.807, 2.05) is 0 Å². The van der Waals surface area contributed by atoms with E-state index in [-0.39, 0.29) is 11.4 Å². The first-order chi connectivity index (χ1) is 5.79. The predicted molar refractivity (Wildman–Crippen MR) is 45.5 cm³/mol. The van der Waals surface area contributed by atoms with E-state index < -0.39 is 0 Å². The maximum atomic E-state index is 11.5. The van der Waals surface area contributed by atoms with Crippen molar-refractivity contribution in [2.24, 2.45) is 11.3 Å². The van der Waals surface area contributed by atoms with Gasteiger partial charge in [0.2, 0.25) is 0 Å². The molecule has 1 fully saturated rings. The van der Waals surface area contributed by atoms with E-state index in [2.05, 4.69) is 19.1 Å². The van der Waals surface area contributed by atoms with Gasteiger partial charge in [0.25, 0.3) is 0 Å². The van der Waals surface area contributed by atoms with Crippen LogP contribution in [0.5, 0.6) is 0 Å². The number of hydrogen-bond donors (Lipinski definition) is 0. The summed E-state index contributed by atoms with van der Waals surface area (Å²) in [6.45, 7) is 2.72. The minimum Gasteiger partial charge on any atom is -0.465 e. The van der Waals surface area contributed by atoms with E-state index in [0.717, 1.165) is 19.3 Å². The Morgan fingerprint density at radius 3 is 3.17 bits per heavy atom. The lowest BCUT2D eigenvalue weighted by molar-refractivity contribution is -0.146. The standard InChI is InChI=1S/C10H14O2/c1-2-10-6-4-3-5-8(10)7-12-9(10)11/h3-4,8H,2,5-7H2,1H3. The second kappa shape index (κ2) is 2.61. The largest absolute Gasteiger partial charge is 0.465 e. The van der Waals surface area contributed by atoms with Gasteiger partial charge in [-0.1, -0.05) is 19.1 Å². The molecular formula is C10H14O2. The maximum Gasteiger partial charge on any atom is 0.312 e. The van der Waals surface area contributed by atoms with Crippen molar-refractivity contribution >= 4 is 5.97 Å². The van der Waals surface area contributed by atoms with Crippen molar-refractivity contribution in [3.05, 3.63) is 12.2 Å².